The Labute approximate surface area is 112 Å². The van der Waals surface area contributed by atoms with Crippen molar-refractivity contribution in [2.75, 3.05) is 0 Å². The Balaban J connectivity index is 3.27. The standard InChI is InChI=1S/C12H16ClNO3S/c1-8(15)10-7-9(5-6-11(10)13)18(16,17)14-12(2,3)4/h5-7,14H,1-4H3. The van der Waals surface area contributed by atoms with Gasteiger partial charge in [0, 0.05) is 11.1 Å². The SMILES string of the molecule is CC(=O)c1cc(S(=O)(=O)NC(C)(C)C)ccc1Cl. The number of benzene rings is 1. The van der Waals surface area contributed by atoms with Gasteiger partial charge in [0.25, 0.3) is 0 Å². The van der Waals surface area contributed by atoms with Crippen molar-refractivity contribution in [1.29, 1.82) is 0 Å². The summed E-state index contributed by atoms with van der Waals surface area (Å²) in [6, 6.07) is 4.08. The minimum absolute atomic E-state index is 0.0343. The van der Waals surface area contributed by atoms with Crippen LogP contribution < -0.4 is 4.72 Å². The monoisotopic (exact) mass is 289 g/mol. The summed E-state index contributed by atoms with van der Waals surface area (Å²) in [5, 5.41) is 0.247. The lowest BCUT2D eigenvalue weighted by atomic mass is 10.1. The van der Waals surface area contributed by atoms with Gasteiger partial charge in [-0.05, 0) is 45.9 Å². The van der Waals surface area contributed by atoms with Gasteiger partial charge < -0.3 is 0 Å². The first-order valence-electron chi connectivity index (χ1n) is 5.37. The molecular formula is C12H16ClNO3S. The maximum Gasteiger partial charge on any atom is 0.241 e. The van der Waals surface area contributed by atoms with Gasteiger partial charge in [-0.1, -0.05) is 11.6 Å². The largest absolute Gasteiger partial charge is 0.294 e. The van der Waals surface area contributed by atoms with Crippen molar-refractivity contribution in [3.8, 4) is 0 Å². The van der Waals surface area contributed by atoms with E-state index in [0.29, 0.717) is 0 Å². The molecule has 6 heteroatoms. The fourth-order valence-corrected chi connectivity index (χ4v) is 3.10. The van der Waals surface area contributed by atoms with Gasteiger partial charge in [-0.2, -0.15) is 0 Å². The number of halogens is 1. The van der Waals surface area contributed by atoms with Gasteiger partial charge in [-0.25, -0.2) is 13.1 Å². The first-order chi connectivity index (χ1) is 8.03. The molecule has 0 fully saturated rings. The van der Waals surface area contributed by atoms with Gasteiger partial charge >= 0.3 is 0 Å². The lowest BCUT2D eigenvalue weighted by molar-refractivity contribution is 0.101. The van der Waals surface area contributed by atoms with E-state index >= 15 is 0 Å². The molecule has 0 aliphatic rings. The van der Waals surface area contributed by atoms with Crippen LogP contribution >= 0.6 is 11.6 Å². The van der Waals surface area contributed by atoms with E-state index in [0.717, 1.165) is 0 Å². The highest BCUT2D eigenvalue weighted by Crippen LogP contribution is 2.21. The van der Waals surface area contributed by atoms with Crippen LogP contribution in [0.15, 0.2) is 23.1 Å². The fourth-order valence-electron chi connectivity index (χ4n) is 1.40. The predicted octanol–water partition coefficient (Wildman–Crippen LogP) is 2.62. The minimum atomic E-state index is -3.65. The van der Waals surface area contributed by atoms with Crippen molar-refractivity contribution in [1.82, 2.24) is 4.72 Å². The normalized spacial score (nSPS) is 12.5. The lowest BCUT2D eigenvalue weighted by Gasteiger charge is -2.20. The zero-order valence-electron chi connectivity index (χ0n) is 10.7. The molecule has 1 N–H and O–H groups in total. The summed E-state index contributed by atoms with van der Waals surface area (Å²) in [4.78, 5) is 11.4. The molecule has 0 spiro atoms. The van der Waals surface area contributed by atoms with E-state index in [-0.39, 0.29) is 21.3 Å². The topological polar surface area (TPSA) is 63.2 Å². The van der Waals surface area contributed by atoms with Crippen LogP contribution in [0.25, 0.3) is 0 Å². The predicted molar refractivity (Wildman–Crippen MR) is 71.5 cm³/mol. The number of carbonyl (C=O) groups is 1. The second-order valence-electron chi connectivity index (χ2n) is 5.05. The fraction of sp³-hybridized carbons (Fsp3) is 0.417. The van der Waals surface area contributed by atoms with Crippen LogP contribution in [0.2, 0.25) is 5.02 Å². The van der Waals surface area contributed by atoms with E-state index in [1.165, 1.54) is 25.1 Å². The molecule has 4 nitrogen and oxygen atoms in total. The van der Waals surface area contributed by atoms with Crippen molar-refractivity contribution < 1.29 is 13.2 Å². The van der Waals surface area contributed by atoms with Crippen molar-refractivity contribution in [2.45, 2.75) is 38.1 Å². The molecule has 18 heavy (non-hydrogen) atoms. The highest BCUT2D eigenvalue weighted by molar-refractivity contribution is 7.89. The maximum absolute atomic E-state index is 12.1. The third-order valence-electron chi connectivity index (χ3n) is 2.07. The first kappa shape index (κ1) is 15.1. The summed E-state index contributed by atoms with van der Waals surface area (Å²) in [6.07, 6.45) is 0. The second-order valence-corrected chi connectivity index (χ2v) is 7.14. The number of Topliss-reactive ketones (excluding diaryl/α,β-unsaturated/α-hetero) is 1. The van der Waals surface area contributed by atoms with Crippen LogP contribution in [0, 0.1) is 0 Å². The number of hydrogen-bond acceptors (Lipinski definition) is 3. The summed E-state index contributed by atoms with van der Waals surface area (Å²) in [7, 11) is -3.65. The Hall–Kier alpha value is -0.910. The van der Waals surface area contributed by atoms with E-state index in [1.54, 1.807) is 20.8 Å². The van der Waals surface area contributed by atoms with E-state index in [1.807, 2.05) is 0 Å². The summed E-state index contributed by atoms with van der Waals surface area (Å²) in [6.45, 7) is 6.57. The van der Waals surface area contributed by atoms with Crippen LogP contribution in [0.4, 0.5) is 0 Å². The van der Waals surface area contributed by atoms with E-state index in [9.17, 15) is 13.2 Å². The highest BCUT2D eigenvalue weighted by atomic mass is 35.5. The van der Waals surface area contributed by atoms with Gasteiger partial charge in [0.2, 0.25) is 10.0 Å². The molecule has 0 saturated heterocycles. The van der Waals surface area contributed by atoms with Crippen molar-refractivity contribution in [3.63, 3.8) is 0 Å². The number of hydrogen-bond donors (Lipinski definition) is 1. The summed E-state index contributed by atoms with van der Waals surface area (Å²) >= 11 is 5.84. The Kier molecular flexibility index (Phi) is 4.20. The molecule has 0 radical (unpaired) electrons. The minimum Gasteiger partial charge on any atom is -0.294 e. The Morgan fingerprint density at radius 2 is 1.83 bits per heavy atom. The van der Waals surface area contributed by atoms with E-state index in [4.69, 9.17) is 11.6 Å². The zero-order chi connectivity index (χ0) is 14.1. The third kappa shape index (κ3) is 3.80. The summed E-state index contributed by atoms with van der Waals surface area (Å²) in [5.74, 6) is -0.271. The van der Waals surface area contributed by atoms with Gasteiger partial charge in [0.15, 0.2) is 5.78 Å². The molecule has 0 saturated carbocycles. The summed E-state index contributed by atoms with van der Waals surface area (Å²) < 4.78 is 26.7. The molecule has 0 amide bonds. The smallest absolute Gasteiger partial charge is 0.241 e. The van der Waals surface area contributed by atoms with Gasteiger partial charge in [-0.15, -0.1) is 0 Å². The number of sulfonamides is 1. The lowest BCUT2D eigenvalue weighted by Crippen LogP contribution is -2.40. The number of rotatable bonds is 3. The van der Waals surface area contributed by atoms with Crippen LogP contribution in [0.1, 0.15) is 38.1 Å². The van der Waals surface area contributed by atoms with Gasteiger partial charge in [0.05, 0.1) is 9.92 Å². The first-order valence-corrected chi connectivity index (χ1v) is 7.23. The molecule has 0 heterocycles. The molecule has 0 unspecified atom stereocenters. The molecule has 1 aromatic rings. The molecule has 0 bridgehead atoms. The molecule has 1 rings (SSSR count). The average molecular weight is 290 g/mol. The van der Waals surface area contributed by atoms with E-state index < -0.39 is 15.6 Å². The third-order valence-corrected chi connectivity index (χ3v) is 4.15. The molecule has 1 aromatic carbocycles. The van der Waals surface area contributed by atoms with Crippen molar-refractivity contribution in [3.05, 3.63) is 28.8 Å². The molecule has 0 aliphatic heterocycles. The van der Waals surface area contributed by atoms with Crippen LogP contribution in [-0.4, -0.2) is 19.7 Å². The Morgan fingerprint density at radius 1 is 1.28 bits per heavy atom. The Morgan fingerprint density at radius 3 is 2.28 bits per heavy atom. The molecular weight excluding hydrogens is 274 g/mol. The van der Waals surface area contributed by atoms with Gasteiger partial charge in [0.1, 0.15) is 0 Å². The second kappa shape index (κ2) is 4.99. The molecule has 0 aliphatic carbocycles. The molecule has 0 atom stereocenters. The molecule has 100 valence electrons. The zero-order valence-corrected chi connectivity index (χ0v) is 12.3. The highest BCUT2D eigenvalue weighted by Gasteiger charge is 2.23. The van der Waals surface area contributed by atoms with E-state index in [2.05, 4.69) is 4.72 Å². The van der Waals surface area contributed by atoms with Crippen molar-refractivity contribution in [2.24, 2.45) is 0 Å². The number of ketones is 1. The van der Waals surface area contributed by atoms with Crippen molar-refractivity contribution >= 4 is 27.4 Å². The van der Waals surface area contributed by atoms with Crippen LogP contribution in [0.5, 0.6) is 0 Å². The van der Waals surface area contributed by atoms with Crippen LogP contribution in [0.3, 0.4) is 0 Å². The maximum atomic E-state index is 12.1. The quantitative estimate of drug-likeness (QED) is 0.870. The van der Waals surface area contributed by atoms with Crippen LogP contribution in [-0.2, 0) is 10.0 Å². The summed E-state index contributed by atoms with van der Waals surface area (Å²) in [5.41, 5.74) is -0.386. The number of nitrogens with one attached hydrogen (secondary N) is 1. The number of carbonyl (C=O) groups excluding carboxylic acids is 1. The molecule has 0 aromatic heterocycles. The Bertz CT molecular complexity index is 573. The van der Waals surface area contributed by atoms with Gasteiger partial charge in [-0.3, -0.25) is 4.79 Å². The average Bonchev–Trinajstić information content (AvgIpc) is 2.13.